The number of benzene rings is 3. The number of aryl methyl sites for hydroxylation is 2. The van der Waals surface area contributed by atoms with Gasteiger partial charge in [-0.15, -0.1) is 0 Å². The molecule has 0 radical (unpaired) electrons. The molecule has 0 aliphatic carbocycles. The van der Waals surface area contributed by atoms with Crippen molar-refractivity contribution in [2.75, 3.05) is 5.32 Å². The minimum absolute atomic E-state index is 0.000858. The summed E-state index contributed by atoms with van der Waals surface area (Å²) in [7, 11) is 0. The van der Waals surface area contributed by atoms with Gasteiger partial charge in [-0.05, 0) is 83.5 Å². The van der Waals surface area contributed by atoms with Crippen LogP contribution >= 0.6 is 34.2 Å². The van der Waals surface area contributed by atoms with Gasteiger partial charge < -0.3 is 10.1 Å². The van der Waals surface area contributed by atoms with Crippen LogP contribution in [0.2, 0.25) is 5.02 Å². The number of nitriles is 1. The number of carbonyl (C=O) groups excluding carboxylic acids is 1. The zero-order valence-electron chi connectivity index (χ0n) is 17.1. The van der Waals surface area contributed by atoms with Gasteiger partial charge in [0.05, 0.1) is 3.57 Å². The Hall–Kier alpha value is -2.82. The molecule has 0 saturated heterocycles. The summed E-state index contributed by atoms with van der Waals surface area (Å²) in [5, 5.41) is 12.7. The van der Waals surface area contributed by atoms with Crippen LogP contribution in [0.1, 0.15) is 22.3 Å². The lowest BCUT2D eigenvalue weighted by molar-refractivity contribution is -0.112. The molecule has 156 valence electrons. The summed E-state index contributed by atoms with van der Waals surface area (Å²) in [6.45, 7) is 4.40. The molecule has 3 aromatic carbocycles. The van der Waals surface area contributed by atoms with Crippen molar-refractivity contribution < 1.29 is 9.53 Å². The van der Waals surface area contributed by atoms with Crippen molar-refractivity contribution >= 4 is 51.9 Å². The SMILES string of the molecule is Cc1cccc(COc2ccc(/C=C(/C#N)C(=O)Nc3ccc(C)c(Cl)c3)cc2I)c1. The lowest BCUT2D eigenvalue weighted by atomic mass is 10.1. The Labute approximate surface area is 200 Å². The Kier molecular flexibility index (Phi) is 7.72. The van der Waals surface area contributed by atoms with Crippen molar-refractivity contribution in [2.24, 2.45) is 0 Å². The second-order valence-corrected chi connectivity index (χ2v) is 8.62. The fraction of sp³-hybridized carbons (Fsp3) is 0.120. The minimum Gasteiger partial charge on any atom is -0.488 e. The van der Waals surface area contributed by atoms with Gasteiger partial charge in [0.25, 0.3) is 5.91 Å². The first-order valence-corrected chi connectivity index (χ1v) is 11.0. The normalized spacial score (nSPS) is 11.0. The number of carbonyl (C=O) groups is 1. The fourth-order valence-corrected chi connectivity index (χ4v) is 3.75. The average molecular weight is 543 g/mol. The predicted molar refractivity (Wildman–Crippen MR) is 133 cm³/mol. The maximum absolute atomic E-state index is 12.5. The summed E-state index contributed by atoms with van der Waals surface area (Å²) in [6.07, 6.45) is 1.55. The third kappa shape index (κ3) is 6.33. The molecule has 0 heterocycles. The Morgan fingerprint density at radius 2 is 1.97 bits per heavy atom. The second kappa shape index (κ2) is 10.5. The average Bonchev–Trinajstić information content (AvgIpc) is 2.74. The van der Waals surface area contributed by atoms with E-state index in [0.717, 1.165) is 26.0 Å². The largest absolute Gasteiger partial charge is 0.488 e. The Bertz CT molecular complexity index is 1200. The van der Waals surface area contributed by atoms with Crippen molar-refractivity contribution in [3.63, 3.8) is 0 Å². The highest BCUT2D eigenvalue weighted by Crippen LogP contribution is 2.25. The van der Waals surface area contributed by atoms with Gasteiger partial charge in [0.2, 0.25) is 0 Å². The first kappa shape index (κ1) is 22.9. The van der Waals surface area contributed by atoms with Gasteiger partial charge >= 0.3 is 0 Å². The minimum atomic E-state index is -0.489. The first-order chi connectivity index (χ1) is 14.9. The van der Waals surface area contributed by atoms with Crippen LogP contribution in [-0.2, 0) is 11.4 Å². The third-order valence-electron chi connectivity index (χ3n) is 4.54. The topological polar surface area (TPSA) is 62.1 Å². The zero-order valence-corrected chi connectivity index (χ0v) is 20.0. The molecule has 6 heteroatoms. The number of hydrogen-bond acceptors (Lipinski definition) is 3. The Morgan fingerprint density at radius 3 is 2.65 bits per heavy atom. The van der Waals surface area contributed by atoms with E-state index >= 15 is 0 Å². The van der Waals surface area contributed by atoms with Crippen LogP contribution in [0.3, 0.4) is 0 Å². The molecule has 0 aliphatic rings. The van der Waals surface area contributed by atoms with E-state index in [1.807, 2.05) is 62.4 Å². The van der Waals surface area contributed by atoms with E-state index in [1.54, 1.807) is 18.2 Å². The Balaban J connectivity index is 1.71. The molecule has 0 saturated carbocycles. The highest BCUT2D eigenvalue weighted by molar-refractivity contribution is 14.1. The molecule has 0 aromatic heterocycles. The maximum Gasteiger partial charge on any atom is 0.266 e. The molecule has 0 fully saturated rings. The van der Waals surface area contributed by atoms with Gasteiger partial charge in [-0.1, -0.05) is 53.6 Å². The van der Waals surface area contributed by atoms with Crippen LogP contribution in [0.4, 0.5) is 5.69 Å². The molecule has 0 aliphatic heterocycles. The lowest BCUT2D eigenvalue weighted by Crippen LogP contribution is -2.13. The van der Waals surface area contributed by atoms with Gasteiger partial charge in [-0.25, -0.2) is 0 Å². The van der Waals surface area contributed by atoms with Crippen molar-refractivity contribution in [1.82, 2.24) is 0 Å². The van der Waals surface area contributed by atoms with E-state index in [-0.39, 0.29) is 5.57 Å². The van der Waals surface area contributed by atoms with Crippen molar-refractivity contribution in [1.29, 1.82) is 5.26 Å². The second-order valence-electron chi connectivity index (χ2n) is 7.06. The number of nitrogens with one attached hydrogen (secondary N) is 1. The molecule has 0 spiro atoms. The molecule has 1 N–H and O–H groups in total. The van der Waals surface area contributed by atoms with Crippen LogP contribution in [0.5, 0.6) is 5.75 Å². The van der Waals surface area contributed by atoms with Gasteiger partial charge in [0, 0.05) is 10.7 Å². The number of nitrogens with zero attached hydrogens (tertiary/aromatic N) is 1. The van der Waals surface area contributed by atoms with Gasteiger partial charge in [0.1, 0.15) is 24.0 Å². The molecule has 3 rings (SSSR count). The molecular weight excluding hydrogens is 523 g/mol. The zero-order chi connectivity index (χ0) is 22.4. The third-order valence-corrected chi connectivity index (χ3v) is 5.79. The van der Waals surface area contributed by atoms with E-state index in [2.05, 4.69) is 34.0 Å². The summed E-state index contributed by atoms with van der Waals surface area (Å²) < 4.78 is 6.82. The van der Waals surface area contributed by atoms with Crippen LogP contribution in [0.15, 0.2) is 66.2 Å². The molecule has 0 bridgehead atoms. The van der Waals surface area contributed by atoms with Crippen LogP contribution < -0.4 is 10.1 Å². The number of anilines is 1. The quantitative estimate of drug-likeness (QED) is 0.215. The number of halogens is 2. The van der Waals surface area contributed by atoms with Gasteiger partial charge in [-0.2, -0.15) is 5.26 Å². The molecule has 0 unspecified atom stereocenters. The van der Waals surface area contributed by atoms with Crippen LogP contribution in [-0.4, -0.2) is 5.91 Å². The van der Waals surface area contributed by atoms with Gasteiger partial charge in [0.15, 0.2) is 0 Å². The smallest absolute Gasteiger partial charge is 0.266 e. The monoisotopic (exact) mass is 542 g/mol. The lowest BCUT2D eigenvalue weighted by Gasteiger charge is -2.10. The Morgan fingerprint density at radius 1 is 1.16 bits per heavy atom. The first-order valence-electron chi connectivity index (χ1n) is 9.53. The summed E-state index contributed by atoms with van der Waals surface area (Å²) >= 11 is 8.29. The summed E-state index contributed by atoms with van der Waals surface area (Å²) in [6, 6.07) is 20.9. The van der Waals surface area contributed by atoms with Crippen molar-refractivity contribution in [3.05, 3.63) is 97.1 Å². The highest BCUT2D eigenvalue weighted by Gasteiger charge is 2.11. The predicted octanol–water partition coefficient (Wildman–Crippen LogP) is 6.69. The van der Waals surface area contributed by atoms with Crippen LogP contribution in [0, 0.1) is 28.7 Å². The molecule has 4 nitrogen and oxygen atoms in total. The van der Waals surface area contributed by atoms with E-state index in [9.17, 15) is 10.1 Å². The number of rotatable bonds is 6. The molecule has 1 amide bonds. The number of hydrogen-bond donors (Lipinski definition) is 1. The van der Waals surface area contributed by atoms with E-state index in [1.165, 1.54) is 5.56 Å². The number of amides is 1. The number of ether oxygens (including phenoxy) is 1. The highest BCUT2D eigenvalue weighted by atomic mass is 127. The van der Waals surface area contributed by atoms with Crippen LogP contribution in [0.25, 0.3) is 6.08 Å². The summed E-state index contributed by atoms with van der Waals surface area (Å²) in [5.41, 5.74) is 4.47. The molecule has 3 aromatic rings. The fourth-order valence-electron chi connectivity index (χ4n) is 2.87. The molecule has 0 atom stereocenters. The molecular formula is C25H20ClIN2O2. The standard InChI is InChI=1S/C25H20ClIN2O2/c1-16-4-3-5-19(10-16)15-31-24-9-7-18(12-23(24)27)11-20(14-28)25(30)29-21-8-6-17(2)22(26)13-21/h3-13H,15H2,1-2H3,(H,29,30)/b20-11-. The summed E-state index contributed by atoms with van der Waals surface area (Å²) in [5.74, 6) is 0.258. The maximum atomic E-state index is 12.5. The van der Waals surface area contributed by atoms with E-state index < -0.39 is 5.91 Å². The van der Waals surface area contributed by atoms with Gasteiger partial charge in [-0.3, -0.25) is 4.79 Å². The van der Waals surface area contributed by atoms with Crippen molar-refractivity contribution in [2.45, 2.75) is 20.5 Å². The molecule has 31 heavy (non-hydrogen) atoms. The van der Waals surface area contributed by atoms with Crippen molar-refractivity contribution in [3.8, 4) is 11.8 Å². The van der Waals surface area contributed by atoms with E-state index in [4.69, 9.17) is 16.3 Å². The summed E-state index contributed by atoms with van der Waals surface area (Å²) in [4.78, 5) is 12.5. The van der Waals surface area contributed by atoms with E-state index in [0.29, 0.717) is 17.3 Å².